The molecule has 0 aromatic rings. The van der Waals surface area contributed by atoms with Crippen LogP contribution in [0.25, 0.3) is 0 Å². The first-order chi connectivity index (χ1) is 3.46. The zero-order chi connectivity index (χ0) is 7.15. The second-order valence-electron chi connectivity index (χ2n) is 0.803. The summed E-state index contributed by atoms with van der Waals surface area (Å²) in [5, 5.41) is 0. The standard InChI is InChI=1S/2CH4O2S.2Na/c2*1-4(2)3;;/h2*1H3,(H,2,3);;/q;;2*+1/p-2. The molecule has 0 amide bonds. The van der Waals surface area contributed by atoms with Gasteiger partial charge in [0, 0.05) is 0 Å². The van der Waals surface area contributed by atoms with Crippen molar-refractivity contribution in [2.24, 2.45) is 0 Å². The van der Waals surface area contributed by atoms with Gasteiger partial charge in [0.25, 0.3) is 0 Å². The molecule has 2 unspecified atom stereocenters. The molecule has 0 radical (unpaired) electrons. The molecule has 0 spiro atoms. The molecule has 0 rings (SSSR count). The molecule has 8 heteroatoms. The van der Waals surface area contributed by atoms with Crippen LogP contribution in [-0.4, -0.2) is 30.0 Å². The van der Waals surface area contributed by atoms with Crippen LogP contribution in [0, 0.1) is 0 Å². The summed E-state index contributed by atoms with van der Waals surface area (Å²) in [5.41, 5.74) is 0. The summed E-state index contributed by atoms with van der Waals surface area (Å²) < 4.78 is 36.0. The largest absolute Gasteiger partial charge is 1.00 e. The summed E-state index contributed by atoms with van der Waals surface area (Å²) >= 11 is -3.72. The zero-order valence-corrected chi connectivity index (χ0v) is 12.1. The third-order valence-electron chi connectivity index (χ3n) is 0. The van der Waals surface area contributed by atoms with Crippen molar-refractivity contribution in [1.82, 2.24) is 0 Å². The van der Waals surface area contributed by atoms with Crippen LogP contribution in [0.3, 0.4) is 0 Å². The van der Waals surface area contributed by atoms with Crippen LogP contribution >= 0.6 is 0 Å². The van der Waals surface area contributed by atoms with Crippen molar-refractivity contribution in [3.63, 3.8) is 0 Å². The second-order valence-corrected chi connectivity index (χ2v) is 2.41. The van der Waals surface area contributed by atoms with Crippen LogP contribution in [0.1, 0.15) is 0 Å². The summed E-state index contributed by atoms with van der Waals surface area (Å²) in [5.74, 6) is 0. The maximum Gasteiger partial charge on any atom is 1.00 e. The first kappa shape index (κ1) is 22.8. The summed E-state index contributed by atoms with van der Waals surface area (Å²) in [6, 6.07) is 0. The molecule has 0 aliphatic rings. The number of hydrogen-bond acceptors (Lipinski definition) is 4. The fraction of sp³-hybridized carbons (Fsp3) is 1.00. The van der Waals surface area contributed by atoms with Gasteiger partial charge in [0.2, 0.25) is 0 Å². The molecular weight excluding hydrogens is 198 g/mol. The van der Waals surface area contributed by atoms with Gasteiger partial charge >= 0.3 is 59.1 Å². The van der Waals surface area contributed by atoms with Gasteiger partial charge in [0.05, 0.1) is 0 Å². The Balaban J connectivity index is -0.0000000300. The van der Waals surface area contributed by atoms with Crippen LogP contribution in [-0.2, 0) is 22.2 Å². The van der Waals surface area contributed by atoms with Crippen molar-refractivity contribution < 1.29 is 76.6 Å². The Bertz CT molecular complexity index is 77.3. The van der Waals surface area contributed by atoms with Gasteiger partial charge in [0.1, 0.15) is 0 Å². The van der Waals surface area contributed by atoms with Gasteiger partial charge in [-0.1, -0.05) is 22.2 Å². The molecule has 0 aromatic heterocycles. The first-order valence-electron chi connectivity index (χ1n) is 1.48. The Morgan fingerprint density at radius 2 is 0.900 bits per heavy atom. The van der Waals surface area contributed by atoms with E-state index in [0.717, 1.165) is 12.5 Å². The third kappa shape index (κ3) is 176. The van der Waals surface area contributed by atoms with Crippen LogP contribution in [0.2, 0.25) is 0 Å². The Labute approximate surface area is 110 Å². The van der Waals surface area contributed by atoms with Crippen molar-refractivity contribution in [1.29, 1.82) is 0 Å². The Hall–Kier alpha value is 2.22. The molecule has 0 aliphatic carbocycles. The van der Waals surface area contributed by atoms with Crippen LogP contribution < -0.4 is 59.1 Å². The van der Waals surface area contributed by atoms with E-state index in [9.17, 15) is 0 Å². The summed E-state index contributed by atoms with van der Waals surface area (Å²) in [6.07, 6.45) is 2.17. The molecule has 0 N–H and O–H groups in total. The van der Waals surface area contributed by atoms with Gasteiger partial charge in [-0.25, -0.2) is 0 Å². The smallest absolute Gasteiger partial charge is 0.773 e. The SMILES string of the molecule is CS(=O)[O-].CS(=O)[O-].[Na+].[Na+]. The quantitative estimate of drug-likeness (QED) is 0.290. The summed E-state index contributed by atoms with van der Waals surface area (Å²) in [6.45, 7) is 0. The molecule has 0 aliphatic heterocycles. The predicted molar refractivity (Wildman–Crippen MR) is 29.7 cm³/mol. The van der Waals surface area contributed by atoms with Crippen molar-refractivity contribution in [2.75, 3.05) is 12.5 Å². The molecule has 2 atom stereocenters. The Morgan fingerprint density at radius 1 is 0.900 bits per heavy atom. The van der Waals surface area contributed by atoms with E-state index in [1.807, 2.05) is 0 Å². The van der Waals surface area contributed by atoms with E-state index in [-0.39, 0.29) is 59.1 Å². The summed E-state index contributed by atoms with van der Waals surface area (Å²) in [7, 11) is 0. The summed E-state index contributed by atoms with van der Waals surface area (Å²) in [4.78, 5) is 0. The van der Waals surface area contributed by atoms with Crippen LogP contribution in [0.5, 0.6) is 0 Å². The molecule has 52 valence electrons. The van der Waals surface area contributed by atoms with Gasteiger partial charge in [-0.05, 0) is 12.5 Å². The second kappa shape index (κ2) is 17.3. The third-order valence-corrected chi connectivity index (χ3v) is 0. The molecule has 0 saturated carbocycles. The van der Waals surface area contributed by atoms with Gasteiger partial charge in [-0.3, -0.25) is 8.42 Å². The van der Waals surface area contributed by atoms with E-state index >= 15 is 0 Å². The fourth-order valence-corrected chi connectivity index (χ4v) is 0. The minimum Gasteiger partial charge on any atom is -0.773 e. The molecule has 0 saturated heterocycles. The van der Waals surface area contributed by atoms with Crippen molar-refractivity contribution in [2.45, 2.75) is 0 Å². The van der Waals surface area contributed by atoms with Crippen molar-refractivity contribution in [3.05, 3.63) is 0 Å². The first-order valence-corrected chi connectivity index (χ1v) is 4.45. The molecule has 0 aromatic carbocycles. The maximum absolute atomic E-state index is 9.00. The van der Waals surface area contributed by atoms with Crippen LogP contribution in [0.4, 0.5) is 0 Å². The van der Waals surface area contributed by atoms with Gasteiger partial charge < -0.3 is 9.11 Å². The van der Waals surface area contributed by atoms with Crippen LogP contribution in [0.15, 0.2) is 0 Å². The van der Waals surface area contributed by atoms with Gasteiger partial charge in [-0.15, -0.1) is 0 Å². The molecule has 4 nitrogen and oxygen atoms in total. The van der Waals surface area contributed by atoms with E-state index < -0.39 is 22.2 Å². The van der Waals surface area contributed by atoms with E-state index in [1.165, 1.54) is 0 Å². The molecular formula is C2H6Na2O4S2. The number of rotatable bonds is 0. The Morgan fingerprint density at radius 3 is 0.900 bits per heavy atom. The topological polar surface area (TPSA) is 80.3 Å². The van der Waals surface area contributed by atoms with E-state index in [2.05, 4.69) is 0 Å². The maximum atomic E-state index is 9.00. The van der Waals surface area contributed by atoms with E-state index in [1.54, 1.807) is 0 Å². The molecule has 0 heterocycles. The average molecular weight is 204 g/mol. The fourth-order valence-electron chi connectivity index (χ4n) is 0. The monoisotopic (exact) mass is 204 g/mol. The minimum absolute atomic E-state index is 0. The Kier molecular flexibility index (Phi) is 39.5. The normalized spacial score (nSPS) is 12.4. The minimum atomic E-state index is -1.86. The average Bonchev–Trinajstić information content (AvgIpc) is 1.25. The van der Waals surface area contributed by atoms with E-state index in [4.69, 9.17) is 17.5 Å². The molecule has 10 heavy (non-hydrogen) atoms. The van der Waals surface area contributed by atoms with Gasteiger partial charge in [-0.2, -0.15) is 0 Å². The van der Waals surface area contributed by atoms with E-state index in [0.29, 0.717) is 0 Å². The molecule has 0 bridgehead atoms. The molecule has 0 fully saturated rings. The van der Waals surface area contributed by atoms with Gasteiger partial charge in [0.15, 0.2) is 0 Å². The number of hydrogen-bond donors (Lipinski definition) is 0. The zero-order valence-electron chi connectivity index (χ0n) is 6.45. The predicted octanol–water partition coefficient (Wildman–Crippen LogP) is -7.00. The van der Waals surface area contributed by atoms with Crippen molar-refractivity contribution >= 4 is 22.2 Å². The van der Waals surface area contributed by atoms with Crippen molar-refractivity contribution in [3.8, 4) is 0 Å².